The van der Waals surface area contributed by atoms with E-state index in [1.165, 1.54) is 0 Å². The van der Waals surface area contributed by atoms with Crippen LogP contribution in [-0.2, 0) is 22.0 Å². The normalized spacial score (nSPS) is 18.2. The zero-order valence-electron chi connectivity index (χ0n) is 18.3. The minimum Gasteiger partial charge on any atom is -0.327 e. The van der Waals surface area contributed by atoms with Crippen molar-refractivity contribution in [1.82, 2.24) is 14.3 Å². The van der Waals surface area contributed by atoms with Gasteiger partial charge in [-0.15, -0.1) is 0 Å². The Morgan fingerprint density at radius 3 is 2.50 bits per heavy atom. The second kappa shape index (κ2) is 8.54. The van der Waals surface area contributed by atoms with Crippen LogP contribution in [0, 0.1) is 5.92 Å². The van der Waals surface area contributed by atoms with E-state index in [0.29, 0.717) is 31.4 Å². The van der Waals surface area contributed by atoms with Crippen LogP contribution in [0.25, 0.3) is 11.0 Å². The van der Waals surface area contributed by atoms with Crippen LogP contribution >= 0.6 is 0 Å². The fraction of sp³-hybridized carbons (Fsp3) is 0.682. The van der Waals surface area contributed by atoms with Crippen molar-refractivity contribution in [2.45, 2.75) is 89.0 Å². The van der Waals surface area contributed by atoms with Crippen molar-refractivity contribution in [2.24, 2.45) is 5.92 Å². The number of alkyl halides is 2. The lowest BCUT2D eigenvalue weighted by Crippen LogP contribution is -2.28. The summed E-state index contributed by atoms with van der Waals surface area (Å²) in [5.74, 6) is -1.53. The summed E-state index contributed by atoms with van der Waals surface area (Å²) in [7, 11) is -3.59. The van der Waals surface area contributed by atoms with Gasteiger partial charge in [-0.2, -0.15) is 0 Å². The Kier molecular flexibility index (Phi) is 6.58. The number of halogens is 2. The van der Waals surface area contributed by atoms with E-state index in [2.05, 4.69) is 30.1 Å². The maximum Gasteiger partial charge on any atom is 0.248 e. The summed E-state index contributed by atoms with van der Waals surface area (Å²) in [5.41, 5.74) is 1.22. The minimum atomic E-state index is -3.59. The summed E-state index contributed by atoms with van der Waals surface area (Å²) in [6.07, 6.45) is 2.54. The first-order valence-corrected chi connectivity index (χ1v) is 12.3. The molecule has 1 N–H and O–H groups in total. The van der Waals surface area contributed by atoms with Gasteiger partial charge in [0.2, 0.25) is 15.9 Å². The van der Waals surface area contributed by atoms with E-state index < -0.39 is 15.9 Å². The molecule has 0 atom stereocenters. The van der Waals surface area contributed by atoms with Gasteiger partial charge in [0.25, 0.3) is 0 Å². The Labute approximate surface area is 178 Å². The zero-order chi connectivity index (χ0) is 22.2. The first-order valence-electron chi connectivity index (χ1n) is 10.8. The van der Waals surface area contributed by atoms with Crippen molar-refractivity contribution in [1.29, 1.82) is 0 Å². The smallest absolute Gasteiger partial charge is 0.248 e. The van der Waals surface area contributed by atoms with Gasteiger partial charge in [-0.25, -0.2) is 26.9 Å². The number of hydrogen-bond acceptors (Lipinski definition) is 3. The number of unbranched alkanes of at least 4 members (excludes halogenated alkanes) is 1. The number of fused-ring (bicyclic) bond motifs is 1. The number of nitrogens with zero attached hydrogens (tertiary/aromatic N) is 2. The summed E-state index contributed by atoms with van der Waals surface area (Å²) in [6.45, 7) is 9.22. The number of nitrogens with one attached hydrogen (secondary N) is 1. The standard InChI is InChI=1S/C22H33F2N3O2S/c1-5-6-13-25-30(28,29)17-7-8-19-18(14-17)26-20(21(2,3)4)27(19)15-16-9-11-22(23,24)12-10-16/h7-8,14,16,25H,5-6,9-13,15H2,1-4H3. The van der Waals surface area contributed by atoms with E-state index in [-0.39, 0.29) is 29.1 Å². The Balaban J connectivity index is 1.94. The molecule has 0 saturated heterocycles. The molecule has 3 rings (SSSR count). The molecule has 8 heteroatoms. The van der Waals surface area contributed by atoms with Crippen LogP contribution in [0.2, 0.25) is 0 Å². The number of benzene rings is 1. The van der Waals surface area contributed by atoms with Gasteiger partial charge >= 0.3 is 0 Å². The van der Waals surface area contributed by atoms with Crippen molar-refractivity contribution >= 4 is 21.1 Å². The highest BCUT2D eigenvalue weighted by Crippen LogP contribution is 2.38. The molecule has 1 aromatic carbocycles. The lowest BCUT2D eigenvalue weighted by Gasteiger charge is -2.30. The number of imidazole rings is 1. The average Bonchev–Trinajstić information content (AvgIpc) is 3.02. The van der Waals surface area contributed by atoms with Crippen LogP contribution < -0.4 is 4.72 Å². The van der Waals surface area contributed by atoms with Gasteiger partial charge in [0.15, 0.2) is 0 Å². The fourth-order valence-electron chi connectivity index (χ4n) is 4.04. The predicted molar refractivity (Wildman–Crippen MR) is 115 cm³/mol. The molecule has 0 aliphatic heterocycles. The SMILES string of the molecule is CCCCNS(=O)(=O)c1ccc2c(c1)nc(C(C)(C)C)n2CC1CCC(F)(F)CC1. The van der Waals surface area contributed by atoms with Crippen molar-refractivity contribution in [3.8, 4) is 0 Å². The van der Waals surface area contributed by atoms with E-state index >= 15 is 0 Å². The first-order chi connectivity index (χ1) is 13.9. The predicted octanol–water partition coefficient (Wildman–Crippen LogP) is 5.24. The van der Waals surface area contributed by atoms with Gasteiger partial charge in [0.05, 0.1) is 15.9 Å². The van der Waals surface area contributed by atoms with Gasteiger partial charge in [0, 0.05) is 31.3 Å². The average molecular weight is 442 g/mol. The van der Waals surface area contributed by atoms with Gasteiger partial charge in [0.1, 0.15) is 5.82 Å². The molecule has 0 radical (unpaired) electrons. The molecule has 2 aromatic rings. The Hall–Kier alpha value is -1.54. The van der Waals surface area contributed by atoms with Crippen LogP contribution in [0.4, 0.5) is 8.78 Å². The lowest BCUT2D eigenvalue weighted by molar-refractivity contribution is -0.0473. The zero-order valence-corrected chi connectivity index (χ0v) is 19.2. The summed E-state index contributed by atoms with van der Waals surface area (Å²) < 4.78 is 57.1. The molecule has 1 aromatic heterocycles. The van der Waals surface area contributed by atoms with Crippen molar-refractivity contribution in [3.05, 3.63) is 24.0 Å². The molecule has 30 heavy (non-hydrogen) atoms. The Morgan fingerprint density at radius 2 is 1.90 bits per heavy atom. The van der Waals surface area contributed by atoms with Crippen molar-refractivity contribution in [3.63, 3.8) is 0 Å². The highest BCUT2D eigenvalue weighted by atomic mass is 32.2. The van der Waals surface area contributed by atoms with Gasteiger partial charge in [-0.3, -0.25) is 0 Å². The van der Waals surface area contributed by atoms with E-state index in [1.807, 2.05) is 6.92 Å². The van der Waals surface area contributed by atoms with E-state index in [4.69, 9.17) is 4.98 Å². The largest absolute Gasteiger partial charge is 0.327 e. The molecule has 0 spiro atoms. The molecule has 1 heterocycles. The monoisotopic (exact) mass is 441 g/mol. The van der Waals surface area contributed by atoms with Gasteiger partial charge in [-0.1, -0.05) is 34.1 Å². The third kappa shape index (κ3) is 5.19. The van der Waals surface area contributed by atoms with E-state index in [9.17, 15) is 17.2 Å². The fourth-order valence-corrected chi connectivity index (χ4v) is 5.14. The Bertz CT molecular complexity index is 984. The summed E-state index contributed by atoms with van der Waals surface area (Å²) in [6, 6.07) is 5.02. The van der Waals surface area contributed by atoms with Crippen LogP contribution in [-0.4, -0.2) is 30.4 Å². The number of hydrogen-bond donors (Lipinski definition) is 1. The maximum atomic E-state index is 13.6. The van der Waals surface area contributed by atoms with E-state index in [1.54, 1.807) is 18.2 Å². The third-order valence-electron chi connectivity index (χ3n) is 5.80. The molecule has 1 saturated carbocycles. The molecule has 1 fully saturated rings. The maximum absolute atomic E-state index is 13.6. The Morgan fingerprint density at radius 1 is 1.23 bits per heavy atom. The highest BCUT2D eigenvalue weighted by molar-refractivity contribution is 7.89. The first kappa shape index (κ1) is 23.1. The summed E-state index contributed by atoms with van der Waals surface area (Å²) >= 11 is 0. The van der Waals surface area contributed by atoms with Crippen molar-refractivity contribution in [2.75, 3.05) is 6.54 Å². The van der Waals surface area contributed by atoms with Crippen molar-refractivity contribution < 1.29 is 17.2 Å². The molecule has 168 valence electrons. The molecule has 0 unspecified atom stereocenters. The van der Waals surface area contributed by atoms with Crippen LogP contribution in [0.5, 0.6) is 0 Å². The number of sulfonamides is 1. The van der Waals surface area contributed by atoms with Gasteiger partial charge in [-0.05, 0) is 43.4 Å². The lowest BCUT2D eigenvalue weighted by atomic mass is 9.86. The minimum absolute atomic E-state index is 0.0685. The summed E-state index contributed by atoms with van der Waals surface area (Å²) in [5, 5.41) is 0. The molecule has 1 aliphatic carbocycles. The molecular formula is C22H33F2N3O2S. The highest BCUT2D eigenvalue weighted by Gasteiger charge is 2.35. The second-order valence-corrected chi connectivity index (χ2v) is 11.3. The topological polar surface area (TPSA) is 64.0 Å². The number of aromatic nitrogens is 2. The summed E-state index contributed by atoms with van der Waals surface area (Å²) in [4.78, 5) is 4.97. The van der Waals surface area contributed by atoms with E-state index in [0.717, 1.165) is 24.2 Å². The number of rotatable bonds is 7. The van der Waals surface area contributed by atoms with Gasteiger partial charge < -0.3 is 4.57 Å². The molecule has 1 aliphatic rings. The molecular weight excluding hydrogens is 408 g/mol. The van der Waals surface area contributed by atoms with Crippen LogP contribution in [0.3, 0.4) is 0 Å². The quantitative estimate of drug-likeness (QED) is 0.598. The molecule has 5 nitrogen and oxygen atoms in total. The van der Waals surface area contributed by atoms with Crippen LogP contribution in [0.15, 0.2) is 23.1 Å². The molecule has 0 amide bonds. The molecule has 0 bridgehead atoms. The second-order valence-electron chi connectivity index (χ2n) is 9.50. The van der Waals surface area contributed by atoms with Crippen LogP contribution in [0.1, 0.15) is 72.0 Å². The third-order valence-corrected chi connectivity index (χ3v) is 7.26.